The van der Waals surface area contributed by atoms with E-state index >= 15 is 0 Å². The van der Waals surface area contributed by atoms with Crippen molar-refractivity contribution in [2.24, 2.45) is 10.1 Å². The Bertz CT molecular complexity index is 1020. The molecular formula is C18H14BrN3O3. The van der Waals surface area contributed by atoms with Crippen molar-refractivity contribution >= 4 is 43.9 Å². The van der Waals surface area contributed by atoms with E-state index < -0.39 is 0 Å². The minimum absolute atomic E-state index is 0.0227. The molecule has 3 aromatic rings. The molecule has 6 nitrogen and oxygen atoms in total. The molecule has 0 saturated heterocycles. The van der Waals surface area contributed by atoms with Crippen LogP contribution in [0, 0.1) is 0 Å². The fourth-order valence-electron chi connectivity index (χ4n) is 2.89. The number of nitrogens with one attached hydrogen (secondary N) is 1. The number of rotatable bonds is 4. The van der Waals surface area contributed by atoms with Gasteiger partial charge in [-0.3, -0.25) is 0 Å². The number of benzene rings is 2. The molecule has 7 heteroatoms. The number of halogens is 1. The molecule has 0 atom stereocenters. The Kier molecular flexibility index (Phi) is 4.03. The molecule has 0 unspecified atom stereocenters. The summed E-state index contributed by atoms with van der Waals surface area (Å²) < 4.78 is 0.907. The van der Waals surface area contributed by atoms with Crippen molar-refractivity contribution in [2.45, 2.75) is 0 Å². The monoisotopic (exact) mass is 399 g/mol. The van der Waals surface area contributed by atoms with Gasteiger partial charge in [-0.25, -0.2) is 4.99 Å². The molecule has 0 aliphatic carbocycles. The predicted octanol–water partition coefficient (Wildman–Crippen LogP) is 3.48. The highest BCUT2D eigenvalue weighted by molar-refractivity contribution is 9.10. The number of aromatic amines is 1. The fraction of sp³-hybridized carbons (Fsp3) is 0.111. The first-order chi connectivity index (χ1) is 12.2. The van der Waals surface area contributed by atoms with E-state index in [9.17, 15) is 5.11 Å². The van der Waals surface area contributed by atoms with Crippen LogP contribution in [0.15, 0.2) is 57.1 Å². The topological polar surface area (TPSA) is 90.2 Å². The van der Waals surface area contributed by atoms with Crippen LogP contribution in [0.25, 0.3) is 10.9 Å². The number of aromatic nitrogens is 1. The highest BCUT2D eigenvalue weighted by atomic mass is 79.9. The summed E-state index contributed by atoms with van der Waals surface area (Å²) in [6.07, 6.45) is 0. The Morgan fingerprint density at radius 1 is 1.20 bits per heavy atom. The molecule has 0 amide bonds. The van der Waals surface area contributed by atoms with Crippen LogP contribution in [-0.4, -0.2) is 39.8 Å². The van der Waals surface area contributed by atoms with Crippen molar-refractivity contribution in [1.82, 2.24) is 4.98 Å². The molecule has 1 aromatic heterocycles. The molecule has 25 heavy (non-hydrogen) atoms. The number of para-hydroxylation sites is 1. The highest BCUT2D eigenvalue weighted by Gasteiger charge is 2.29. The number of aliphatic hydroxyl groups excluding tert-OH is 1. The maximum atomic E-state index is 10.5. The molecule has 0 radical (unpaired) electrons. The second-order valence-corrected chi connectivity index (χ2v) is 6.43. The van der Waals surface area contributed by atoms with E-state index in [0.29, 0.717) is 17.0 Å². The number of fused-ring (bicyclic) bond motifs is 2. The standard InChI is InChI=1S/C18H14BrN3O3/c19-10-5-6-11-14(9-10)21-18(24)15(11)17-16(22-25-8-7-23)12-3-1-2-4-13(12)20-17/h1-6,9,21,23-24H,7-8H2/b22-16+. The number of aliphatic imine (C=N–C) groups is 1. The van der Waals surface area contributed by atoms with E-state index in [1.165, 1.54) is 0 Å². The second kappa shape index (κ2) is 6.34. The lowest BCUT2D eigenvalue weighted by atomic mass is 10.0. The van der Waals surface area contributed by atoms with Gasteiger partial charge in [-0.15, -0.1) is 0 Å². The molecule has 0 bridgehead atoms. The molecule has 3 N–H and O–H groups in total. The minimum Gasteiger partial charge on any atom is -0.494 e. The Hall–Kier alpha value is -2.64. The zero-order chi connectivity index (χ0) is 17.4. The van der Waals surface area contributed by atoms with Crippen LogP contribution in [0.1, 0.15) is 11.1 Å². The Morgan fingerprint density at radius 3 is 2.88 bits per heavy atom. The minimum atomic E-state index is -0.128. The fourth-order valence-corrected chi connectivity index (χ4v) is 3.25. The van der Waals surface area contributed by atoms with Gasteiger partial charge in [0.2, 0.25) is 0 Å². The first kappa shape index (κ1) is 15.9. The first-order valence-electron chi connectivity index (χ1n) is 7.69. The lowest BCUT2D eigenvalue weighted by molar-refractivity contribution is 0.0992. The van der Waals surface area contributed by atoms with Crippen molar-refractivity contribution in [3.63, 3.8) is 0 Å². The summed E-state index contributed by atoms with van der Waals surface area (Å²) in [4.78, 5) is 12.8. The number of aliphatic hydroxyl groups is 1. The number of aromatic hydroxyl groups is 1. The maximum absolute atomic E-state index is 10.5. The average molecular weight is 400 g/mol. The van der Waals surface area contributed by atoms with Gasteiger partial charge in [0.1, 0.15) is 18.0 Å². The van der Waals surface area contributed by atoms with Crippen molar-refractivity contribution in [3.8, 4) is 5.88 Å². The smallest absolute Gasteiger partial charge is 0.199 e. The average Bonchev–Trinajstić information content (AvgIpc) is 3.11. The van der Waals surface area contributed by atoms with Crippen LogP contribution in [0.5, 0.6) is 5.88 Å². The summed E-state index contributed by atoms with van der Waals surface area (Å²) in [6.45, 7) is -0.0387. The van der Waals surface area contributed by atoms with Crippen LogP contribution in [0.2, 0.25) is 0 Å². The summed E-state index contributed by atoms with van der Waals surface area (Å²) >= 11 is 3.43. The van der Waals surface area contributed by atoms with Crippen molar-refractivity contribution in [2.75, 3.05) is 13.2 Å². The van der Waals surface area contributed by atoms with Crippen molar-refractivity contribution < 1.29 is 15.1 Å². The molecule has 0 fully saturated rings. The largest absolute Gasteiger partial charge is 0.494 e. The Balaban J connectivity index is 1.89. The van der Waals surface area contributed by atoms with Gasteiger partial charge in [0, 0.05) is 15.4 Å². The van der Waals surface area contributed by atoms with Gasteiger partial charge < -0.3 is 20.0 Å². The normalized spacial score (nSPS) is 14.8. The van der Waals surface area contributed by atoms with Gasteiger partial charge in [0.25, 0.3) is 0 Å². The molecule has 0 spiro atoms. The van der Waals surface area contributed by atoms with E-state index in [1.807, 2.05) is 42.5 Å². The van der Waals surface area contributed by atoms with E-state index in [1.54, 1.807) is 0 Å². The summed E-state index contributed by atoms with van der Waals surface area (Å²) in [5, 5.41) is 24.4. The molecule has 2 heterocycles. The van der Waals surface area contributed by atoms with Crippen molar-refractivity contribution in [1.29, 1.82) is 0 Å². The van der Waals surface area contributed by atoms with Gasteiger partial charge in [-0.05, 0) is 18.2 Å². The molecule has 0 saturated carbocycles. The molecule has 2 aromatic carbocycles. The van der Waals surface area contributed by atoms with Crippen LogP contribution in [0.4, 0.5) is 5.69 Å². The van der Waals surface area contributed by atoms with Crippen molar-refractivity contribution in [3.05, 3.63) is 58.1 Å². The maximum Gasteiger partial charge on any atom is 0.199 e. The van der Waals surface area contributed by atoms with E-state index in [0.717, 1.165) is 26.6 Å². The van der Waals surface area contributed by atoms with Crippen LogP contribution < -0.4 is 0 Å². The number of nitrogens with zero attached hydrogens (tertiary/aromatic N) is 2. The lowest BCUT2D eigenvalue weighted by Crippen LogP contribution is -2.14. The number of hydrogen-bond donors (Lipinski definition) is 3. The lowest BCUT2D eigenvalue weighted by Gasteiger charge is -2.04. The first-order valence-corrected chi connectivity index (χ1v) is 8.48. The predicted molar refractivity (Wildman–Crippen MR) is 99.9 cm³/mol. The summed E-state index contributed by atoms with van der Waals surface area (Å²) in [7, 11) is 0. The number of hydrogen-bond acceptors (Lipinski definition) is 5. The quantitative estimate of drug-likeness (QED) is 0.463. The molecular weight excluding hydrogens is 386 g/mol. The summed E-state index contributed by atoms with van der Waals surface area (Å²) in [6, 6.07) is 13.3. The summed E-state index contributed by atoms with van der Waals surface area (Å²) in [5.74, 6) is 0.0227. The molecule has 1 aliphatic heterocycles. The van der Waals surface area contributed by atoms with E-state index in [4.69, 9.17) is 9.94 Å². The third-order valence-electron chi connectivity index (χ3n) is 3.93. The SMILES string of the molecule is OCCO/N=C1/C(c2c(O)[nH]c3cc(Br)ccc23)=Nc2ccccc21. The molecule has 4 rings (SSSR count). The number of oxime groups is 1. The van der Waals surface area contributed by atoms with Crippen LogP contribution in [0.3, 0.4) is 0 Å². The zero-order valence-electron chi connectivity index (χ0n) is 13.0. The zero-order valence-corrected chi connectivity index (χ0v) is 14.6. The van der Waals surface area contributed by atoms with Gasteiger partial charge >= 0.3 is 0 Å². The van der Waals surface area contributed by atoms with Crippen LogP contribution >= 0.6 is 15.9 Å². The van der Waals surface area contributed by atoms with E-state index in [2.05, 4.69) is 31.1 Å². The second-order valence-electron chi connectivity index (χ2n) is 5.51. The van der Waals surface area contributed by atoms with Gasteiger partial charge in [0.15, 0.2) is 5.88 Å². The summed E-state index contributed by atoms with van der Waals surface area (Å²) in [5.41, 5.74) is 4.01. The van der Waals surface area contributed by atoms with Gasteiger partial charge in [-0.1, -0.05) is 45.4 Å². The third-order valence-corrected chi connectivity index (χ3v) is 4.43. The highest BCUT2D eigenvalue weighted by Crippen LogP contribution is 2.36. The molecule has 126 valence electrons. The Labute approximate surface area is 151 Å². The number of H-pyrrole nitrogens is 1. The van der Waals surface area contributed by atoms with Gasteiger partial charge in [-0.2, -0.15) is 0 Å². The van der Waals surface area contributed by atoms with E-state index in [-0.39, 0.29) is 19.1 Å². The molecule has 1 aliphatic rings. The Morgan fingerprint density at radius 2 is 2.04 bits per heavy atom. The third kappa shape index (κ3) is 2.71. The van der Waals surface area contributed by atoms with Crippen LogP contribution in [-0.2, 0) is 4.84 Å². The van der Waals surface area contributed by atoms with Gasteiger partial charge in [0.05, 0.1) is 23.4 Å².